The number of rotatable bonds is 8. The van der Waals surface area contributed by atoms with Crippen LogP contribution < -0.4 is 20.9 Å². The van der Waals surface area contributed by atoms with Gasteiger partial charge < -0.3 is 20.9 Å². The molecular formula is C21H28N4O2. The Morgan fingerprint density at radius 2 is 1.52 bits per heavy atom. The summed E-state index contributed by atoms with van der Waals surface area (Å²) in [6.07, 6.45) is 0. The summed E-state index contributed by atoms with van der Waals surface area (Å²) in [5.41, 5.74) is 4.62. The second-order valence-electron chi connectivity index (χ2n) is 6.33. The Balaban J connectivity index is 1.90. The fourth-order valence-electron chi connectivity index (χ4n) is 2.85. The highest BCUT2D eigenvalue weighted by molar-refractivity contribution is 5.94. The summed E-state index contributed by atoms with van der Waals surface area (Å²) in [7, 11) is 0. The molecular weight excluding hydrogens is 340 g/mol. The molecule has 0 aliphatic rings. The molecule has 144 valence electrons. The number of carbonyl (C=O) groups excluding carboxylic acids is 2. The Morgan fingerprint density at radius 3 is 2.04 bits per heavy atom. The van der Waals surface area contributed by atoms with E-state index >= 15 is 0 Å². The SMILES string of the molecule is CCN(CC)c1ccc(NCC(=O)Nc2ccc(NC(C)=O)cc2)c(C)c1. The van der Waals surface area contributed by atoms with E-state index in [2.05, 4.69) is 46.8 Å². The van der Waals surface area contributed by atoms with Crippen LogP contribution in [0.2, 0.25) is 0 Å². The predicted octanol–water partition coefficient (Wildman–Crippen LogP) is 3.85. The molecule has 0 fully saturated rings. The summed E-state index contributed by atoms with van der Waals surface area (Å²) in [5.74, 6) is -0.257. The van der Waals surface area contributed by atoms with Crippen molar-refractivity contribution in [3.8, 4) is 0 Å². The van der Waals surface area contributed by atoms with Crippen molar-refractivity contribution in [3.05, 3.63) is 48.0 Å². The second-order valence-corrected chi connectivity index (χ2v) is 6.33. The molecule has 3 N–H and O–H groups in total. The average Bonchev–Trinajstić information content (AvgIpc) is 2.63. The number of carbonyl (C=O) groups is 2. The van der Waals surface area contributed by atoms with Gasteiger partial charge in [-0.3, -0.25) is 9.59 Å². The molecule has 0 saturated heterocycles. The molecule has 0 aromatic heterocycles. The Bertz CT molecular complexity index is 783. The van der Waals surface area contributed by atoms with Gasteiger partial charge in [0.1, 0.15) is 0 Å². The Labute approximate surface area is 161 Å². The van der Waals surface area contributed by atoms with Crippen molar-refractivity contribution in [2.24, 2.45) is 0 Å². The summed E-state index contributed by atoms with van der Waals surface area (Å²) >= 11 is 0. The monoisotopic (exact) mass is 368 g/mol. The maximum absolute atomic E-state index is 12.2. The van der Waals surface area contributed by atoms with Crippen molar-refractivity contribution in [2.75, 3.05) is 40.5 Å². The number of benzene rings is 2. The lowest BCUT2D eigenvalue weighted by Crippen LogP contribution is -2.23. The van der Waals surface area contributed by atoms with E-state index in [0.717, 1.165) is 24.3 Å². The molecule has 0 atom stereocenters. The van der Waals surface area contributed by atoms with Crippen molar-refractivity contribution in [1.29, 1.82) is 0 Å². The third-order valence-electron chi connectivity index (χ3n) is 4.27. The molecule has 0 saturated carbocycles. The van der Waals surface area contributed by atoms with Crippen LogP contribution >= 0.6 is 0 Å². The number of amides is 2. The van der Waals surface area contributed by atoms with Gasteiger partial charge in [0, 0.05) is 42.8 Å². The first-order valence-electron chi connectivity index (χ1n) is 9.20. The van der Waals surface area contributed by atoms with Gasteiger partial charge in [-0.2, -0.15) is 0 Å². The van der Waals surface area contributed by atoms with Crippen LogP contribution in [-0.4, -0.2) is 31.4 Å². The van der Waals surface area contributed by atoms with Crippen LogP contribution in [0.4, 0.5) is 22.7 Å². The highest BCUT2D eigenvalue weighted by atomic mass is 16.2. The topological polar surface area (TPSA) is 73.5 Å². The van der Waals surface area contributed by atoms with Crippen LogP contribution in [0.25, 0.3) is 0 Å². The molecule has 0 bridgehead atoms. The minimum absolute atomic E-state index is 0.127. The number of hydrogen-bond donors (Lipinski definition) is 3. The van der Waals surface area contributed by atoms with Crippen LogP contribution in [0.3, 0.4) is 0 Å². The highest BCUT2D eigenvalue weighted by Gasteiger charge is 2.07. The van der Waals surface area contributed by atoms with Crippen molar-refractivity contribution in [1.82, 2.24) is 0 Å². The van der Waals surface area contributed by atoms with Gasteiger partial charge in [0.2, 0.25) is 11.8 Å². The minimum atomic E-state index is -0.130. The number of anilines is 4. The summed E-state index contributed by atoms with van der Waals surface area (Å²) in [6, 6.07) is 13.2. The van der Waals surface area contributed by atoms with Crippen LogP contribution in [0.5, 0.6) is 0 Å². The zero-order valence-corrected chi connectivity index (χ0v) is 16.4. The number of hydrogen-bond acceptors (Lipinski definition) is 4. The zero-order chi connectivity index (χ0) is 19.8. The number of nitrogens with zero attached hydrogens (tertiary/aromatic N) is 1. The predicted molar refractivity (Wildman–Crippen MR) is 113 cm³/mol. The van der Waals surface area contributed by atoms with E-state index < -0.39 is 0 Å². The summed E-state index contributed by atoms with van der Waals surface area (Å²) in [5, 5.41) is 8.71. The van der Waals surface area contributed by atoms with E-state index in [1.54, 1.807) is 24.3 Å². The van der Waals surface area contributed by atoms with Gasteiger partial charge in [-0.25, -0.2) is 0 Å². The standard InChI is InChI=1S/C21H28N4O2/c1-5-25(6-2)19-11-12-20(15(3)13-19)22-14-21(27)24-18-9-7-17(8-10-18)23-16(4)26/h7-13,22H,5-6,14H2,1-4H3,(H,23,26)(H,24,27). The van der Waals surface area contributed by atoms with Crippen LogP contribution in [0.15, 0.2) is 42.5 Å². The first kappa shape index (κ1) is 20.3. The first-order valence-corrected chi connectivity index (χ1v) is 9.20. The molecule has 0 aliphatic heterocycles. The van der Waals surface area contributed by atoms with Crippen molar-refractivity contribution >= 4 is 34.6 Å². The summed E-state index contributed by atoms with van der Waals surface area (Å²) < 4.78 is 0. The average molecular weight is 368 g/mol. The Hall–Kier alpha value is -3.02. The van der Waals surface area contributed by atoms with E-state index in [0.29, 0.717) is 11.4 Å². The summed E-state index contributed by atoms with van der Waals surface area (Å²) in [4.78, 5) is 25.5. The molecule has 0 unspecified atom stereocenters. The maximum atomic E-state index is 12.2. The van der Waals surface area contributed by atoms with Gasteiger partial charge in [0.05, 0.1) is 6.54 Å². The Kier molecular flexibility index (Phi) is 7.23. The van der Waals surface area contributed by atoms with E-state index in [-0.39, 0.29) is 18.4 Å². The van der Waals surface area contributed by atoms with Gasteiger partial charge >= 0.3 is 0 Å². The maximum Gasteiger partial charge on any atom is 0.243 e. The quantitative estimate of drug-likeness (QED) is 0.662. The van der Waals surface area contributed by atoms with Crippen LogP contribution in [0, 0.1) is 6.92 Å². The molecule has 6 heteroatoms. The van der Waals surface area contributed by atoms with E-state index in [9.17, 15) is 9.59 Å². The summed E-state index contributed by atoms with van der Waals surface area (Å²) in [6.45, 7) is 9.87. The third kappa shape index (κ3) is 6.02. The Morgan fingerprint density at radius 1 is 0.926 bits per heavy atom. The molecule has 2 aromatic carbocycles. The molecule has 0 heterocycles. The highest BCUT2D eigenvalue weighted by Crippen LogP contribution is 2.22. The molecule has 2 amide bonds. The molecule has 0 spiro atoms. The van der Waals surface area contributed by atoms with Crippen molar-refractivity contribution < 1.29 is 9.59 Å². The van der Waals surface area contributed by atoms with Gasteiger partial charge in [0.25, 0.3) is 0 Å². The molecule has 2 aromatic rings. The van der Waals surface area contributed by atoms with Crippen molar-refractivity contribution in [3.63, 3.8) is 0 Å². The van der Waals surface area contributed by atoms with Gasteiger partial charge in [0.15, 0.2) is 0 Å². The molecule has 6 nitrogen and oxygen atoms in total. The lowest BCUT2D eigenvalue weighted by atomic mass is 10.1. The fraction of sp³-hybridized carbons (Fsp3) is 0.333. The smallest absolute Gasteiger partial charge is 0.243 e. The van der Waals surface area contributed by atoms with E-state index in [4.69, 9.17) is 0 Å². The van der Waals surface area contributed by atoms with E-state index in [1.807, 2.05) is 13.0 Å². The number of aryl methyl sites for hydroxylation is 1. The van der Waals surface area contributed by atoms with Crippen LogP contribution in [-0.2, 0) is 9.59 Å². The second kappa shape index (κ2) is 9.62. The van der Waals surface area contributed by atoms with E-state index in [1.165, 1.54) is 12.6 Å². The molecule has 0 radical (unpaired) electrons. The lowest BCUT2D eigenvalue weighted by Gasteiger charge is -2.22. The fourth-order valence-corrected chi connectivity index (χ4v) is 2.85. The molecule has 0 aliphatic carbocycles. The molecule has 2 rings (SSSR count). The van der Waals surface area contributed by atoms with Crippen LogP contribution in [0.1, 0.15) is 26.3 Å². The largest absolute Gasteiger partial charge is 0.376 e. The number of nitrogens with one attached hydrogen (secondary N) is 3. The minimum Gasteiger partial charge on any atom is -0.376 e. The first-order chi connectivity index (χ1) is 12.9. The normalized spacial score (nSPS) is 10.2. The van der Waals surface area contributed by atoms with Gasteiger partial charge in [-0.05, 0) is 68.8 Å². The third-order valence-corrected chi connectivity index (χ3v) is 4.27. The van der Waals surface area contributed by atoms with Gasteiger partial charge in [-0.1, -0.05) is 0 Å². The van der Waals surface area contributed by atoms with Crippen molar-refractivity contribution in [2.45, 2.75) is 27.7 Å². The molecule has 27 heavy (non-hydrogen) atoms. The van der Waals surface area contributed by atoms with Gasteiger partial charge in [-0.15, -0.1) is 0 Å². The zero-order valence-electron chi connectivity index (χ0n) is 16.4. The lowest BCUT2D eigenvalue weighted by molar-refractivity contribution is -0.115.